The highest BCUT2D eigenvalue weighted by atomic mass is 32.2. The summed E-state index contributed by atoms with van der Waals surface area (Å²) in [6, 6.07) is 22.1. The van der Waals surface area contributed by atoms with Gasteiger partial charge in [-0.3, -0.25) is 14.2 Å². The van der Waals surface area contributed by atoms with E-state index in [1.165, 1.54) is 22.9 Å². The fraction of sp³-hybridized carbons (Fsp3) is 0.120. The molecule has 7 heteroatoms. The molecule has 160 valence electrons. The molecule has 0 unspecified atom stereocenters. The van der Waals surface area contributed by atoms with Crippen molar-refractivity contribution in [3.63, 3.8) is 0 Å². The molecule has 32 heavy (non-hydrogen) atoms. The van der Waals surface area contributed by atoms with Gasteiger partial charge in [0.05, 0.1) is 5.75 Å². The summed E-state index contributed by atoms with van der Waals surface area (Å²) in [6.45, 7) is 4.12. The molecule has 1 heterocycles. The van der Waals surface area contributed by atoms with Crippen LogP contribution in [-0.4, -0.2) is 32.2 Å². The van der Waals surface area contributed by atoms with Gasteiger partial charge in [0.2, 0.25) is 5.91 Å². The second kappa shape index (κ2) is 9.62. The van der Waals surface area contributed by atoms with Crippen molar-refractivity contribution in [1.82, 2.24) is 14.8 Å². The number of nitrogens with zero attached hydrogens (tertiary/aromatic N) is 3. The van der Waals surface area contributed by atoms with Gasteiger partial charge in [0.25, 0.3) is 0 Å². The summed E-state index contributed by atoms with van der Waals surface area (Å²) >= 11 is 1.30. The zero-order valence-corrected chi connectivity index (χ0v) is 18.6. The lowest BCUT2D eigenvalue weighted by Gasteiger charge is -2.09. The van der Waals surface area contributed by atoms with Gasteiger partial charge in [-0.15, -0.1) is 10.2 Å². The Balaban J connectivity index is 1.41. The summed E-state index contributed by atoms with van der Waals surface area (Å²) in [5.41, 5.74) is 5.05. The van der Waals surface area contributed by atoms with Crippen LogP contribution in [0.3, 0.4) is 0 Å². The minimum absolute atomic E-state index is 0.0856. The zero-order chi connectivity index (χ0) is 22.5. The van der Waals surface area contributed by atoms with Crippen LogP contribution in [0, 0.1) is 13.8 Å². The Hall–Kier alpha value is -3.71. The third-order valence-electron chi connectivity index (χ3n) is 5.06. The van der Waals surface area contributed by atoms with E-state index in [1.54, 1.807) is 42.7 Å². The number of hydrogen-bond donors (Lipinski definition) is 1. The Bertz CT molecular complexity index is 1270. The van der Waals surface area contributed by atoms with E-state index < -0.39 is 0 Å². The monoisotopic (exact) mass is 442 g/mol. The fourth-order valence-electron chi connectivity index (χ4n) is 3.20. The maximum atomic E-state index is 12.6. The maximum absolute atomic E-state index is 12.6. The molecule has 0 saturated carbocycles. The molecule has 1 N–H and O–H groups in total. The molecular formula is C25H22N4O2S. The Kier molecular flexibility index (Phi) is 6.47. The van der Waals surface area contributed by atoms with Crippen molar-refractivity contribution < 1.29 is 9.59 Å². The number of hydrogen-bond acceptors (Lipinski definition) is 5. The topological polar surface area (TPSA) is 76.9 Å². The third-order valence-corrected chi connectivity index (χ3v) is 6.01. The molecule has 0 aliphatic carbocycles. The lowest BCUT2D eigenvalue weighted by molar-refractivity contribution is -0.113. The Morgan fingerprint density at radius 1 is 0.906 bits per heavy atom. The quantitative estimate of drug-likeness (QED) is 0.327. The number of amides is 1. The van der Waals surface area contributed by atoms with Gasteiger partial charge in [0.15, 0.2) is 10.9 Å². The van der Waals surface area contributed by atoms with Crippen LogP contribution in [0.2, 0.25) is 0 Å². The van der Waals surface area contributed by atoms with Crippen LogP contribution in [0.25, 0.3) is 5.69 Å². The lowest BCUT2D eigenvalue weighted by atomic mass is 10.0. The third kappa shape index (κ3) is 4.95. The molecule has 0 aliphatic rings. The smallest absolute Gasteiger partial charge is 0.234 e. The fourth-order valence-corrected chi connectivity index (χ4v) is 3.93. The number of nitrogens with one attached hydrogen (secondary N) is 1. The highest BCUT2D eigenvalue weighted by Crippen LogP contribution is 2.22. The largest absolute Gasteiger partial charge is 0.325 e. The molecule has 1 aromatic heterocycles. The van der Waals surface area contributed by atoms with Gasteiger partial charge in [-0.05, 0) is 49.2 Å². The number of carbonyl (C=O) groups is 2. The van der Waals surface area contributed by atoms with Crippen LogP contribution < -0.4 is 5.32 Å². The van der Waals surface area contributed by atoms with Crippen molar-refractivity contribution in [3.8, 4) is 5.69 Å². The van der Waals surface area contributed by atoms with E-state index in [9.17, 15) is 9.59 Å². The lowest BCUT2D eigenvalue weighted by Crippen LogP contribution is -2.15. The molecule has 1 amide bonds. The minimum atomic E-state index is -0.186. The second-order valence-electron chi connectivity index (χ2n) is 7.36. The molecule has 0 spiro atoms. The van der Waals surface area contributed by atoms with Crippen LogP contribution in [-0.2, 0) is 4.79 Å². The normalized spacial score (nSPS) is 10.7. The number of carbonyl (C=O) groups excluding carboxylic acids is 2. The molecule has 0 fully saturated rings. The van der Waals surface area contributed by atoms with Crippen LogP contribution in [0.1, 0.15) is 27.0 Å². The Morgan fingerprint density at radius 3 is 2.47 bits per heavy atom. The minimum Gasteiger partial charge on any atom is -0.325 e. The molecule has 0 bridgehead atoms. The van der Waals surface area contributed by atoms with Gasteiger partial charge in [-0.1, -0.05) is 60.3 Å². The number of aryl methyl sites for hydroxylation is 2. The van der Waals surface area contributed by atoms with E-state index >= 15 is 0 Å². The van der Waals surface area contributed by atoms with Gasteiger partial charge < -0.3 is 5.32 Å². The highest BCUT2D eigenvalue weighted by Gasteiger charge is 2.13. The van der Waals surface area contributed by atoms with Crippen molar-refractivity contribution in [1.29, 1.82) is 0 Å². The highest BCUT2D eigenvalue weighted by molar-refractivity contribution is 7.99. The summed E-state index contributed by atoms with van der Waals surface area (Å²) in [6.07, 6.45) is 1.64. The van der Waals surface area contributed by atoms with Crippen LogP contribution >= 0.6 is 11.8 Å². The SMILES string of the molecule is Cc1ccc(-n2cnnc2SCC(=O)Nc2cccc(C(=O)c3ccccc3)c2)cc1C. The number of anilines is 1. The molecule has 0 saturated heterocycles. The first kappa shape index (κ1) is 21.5. The standard InChI is InChI=1S/C25H22N4O2S/c1-17-11-12-22(13-18(17)2)29-16-26-28-25(29)32-15-23(30)27-21-10-6-9-20(14-21)24(31)19-7-4-3-5-8-19/h3-14,16H,15H2,1-2H3,(H,27,30). The number of benzene rings is 3. The van der Waals surface area contributed by atoms with E-state index in [1.807, 2.05) is 28.8 Å². The Morgan fingerprint density at radius 2 is 1.69 bits per heavy atom. The first-order chi connectivity index (χ1) is 15.5. The maximum Gasteiger partial charge on any atom is 0.234 e. The second-order valence-corrected chi connectivity index (χ2v) is 8.31. The molecule has 0 atom stereocenters. The van der Waals surface area contributed by atoms with E-state index in [0.29, 0.717) is 22.0 Å². The number of thioether (sulfide) groups is 1. The molecule has 0 radical (unpaired) electrons. The number of rotatable bonds is 7. The van der Waals surface area contributed by atoms with Crippen LogP contribution in [0.15, 0.2) is 84.3 Å². The average molecular weight is 443 g/mol. The van der Waals surface area contributed by atoms with Gasteiger partial charge in [0.1, 0.15) is 6.33 Å². The molecule has 6 nitrogen and oxygen atoms in total. The van der Waals surface area contributed by atoms with Crippen molar-refractivity contribution in [2.24, 2.45) is 0 Å². The summed E-state index contributed by atoms with van der Waals surface area (Å²) < 4.78 is 1.86. The molecule has 4 rings (SSSR count). The van der Waals surface area contributed by atoms with Crippen molar-refractivity contribution in [2.45, 2.75) is 19.0 Å². The summed E-state index contributed by atoms with van der Waals surface area (Å²) in [4.78, 5) is 25.2. The molecule has 0 aliphatic heterocycles. The first-order valence-electron chi connectivity index (χ1n) is 10.1. The molecule has 4 aromatic rings. The van der Waals surface area contributed by atoms with E-state index in [0.717, 1.165) is 5.69 Å². The van der Waals surface area contributed by atoms with Crippen molar-refractivity contribution in [2.75, 3.05) is 11.1 Å². The summed E-state index contributed by atoms with van der Waals surface area (Å²) in [5, 5.41) is 11.6. The van der Waals surface area contributed by atoms with Gasteiger partial charge >= 0.3 is 0 Å². The average Bonchev–Trinajstić information content (AvgIpc) is 3.28. The summed E-state index contributed by atoms with van der Waals surface area (Å²) in [5.74, 6) is -0.105. The first-order valence-corrected chi connectivity index (χ1v) is 11.1. The van der Waals surface area contributed by atoms with Crippen molar-refractivity contribution in [3.05, 3.63) is 101 Å². The molecule has 3 aromatic carbocycles. The van der Waals surface area contributed by atoms with E-state index in [-0.39, 0.29) is 17.4 Å². The van der Waals surface area contributed by atoms with Crippen LogP contribution in [0.5, 0.6) is 0 Å². The van der Waals surface area contributed by atoms with E-state index in [4.69, 9.17) is 0 Å². The van der Waals surface area contributed by atoms with Gasteiger partial charge in [-0.2, -0.15) is 0 Å². The van der Waals surface area contributed by atoms with Crippen molar-refractivity contribution >= 4 is 29.1 Å². The predicted octanol–water partition coefficient (Wildman–Crippen LogP) is 4.85. The number of aromatic nitrogens is 3. The van der Waals surface area contributed by atoms with Gasteiger partial charge in [-0.25, -0.2) is 0 Å². The Labute approximate surface area is 190 Å². The van der Waals surface area contributed by atoms with Crippen LogP contribution in [0.4, 0.5) is 5.69 Å². The predicted molar refractivity (Wildman–Crippen MR) is 127 cm³/mol. The number of ketones is 1. The molecular weight excluding hydrogens is 420 g/mol. The van der Waals surface area contributed by atoms with E-state index in [2.05, 4.69) is 41.5 Å². The van der Waals surface area contributed by atoms with Gasteiger partial charge in [0, 0.05) is 22.5 Å². The zero-order valence-electron chi connectivity index (χ0n) is 17.8. The summed E-state index contributed by atoms with van der Waals surface area (Å²) in [7, 11) is 0.